The van der Waals surface area contributed by atoms with Gasteiger partial charge in [-0.15, -0.1) is 0 Å². The summed E-state index contributed by atoms with van der Waals surface area (Å²) in [5.74, 6) is -3.15. The van der Waals surface area contributed by atoms with E-state index in [2.05, 4.69) is 4.90 Å². The normalized spacial score (nSPS) is 16.9. The molecule has 2 rings (SSSR count). The van der Waals surface area contributed by atoms with Gasteiger partial charge in [0.2, 0.25) is 15.8 Å². The molecule has 0 unspecified atom stereocenters. The number of sulfonamides is 1. The summed E-state index contributed by atoms with van der Waals surface area (Å²) in [4.78, 5) is 1.32. The fourth-order valence-electron chi connectivity index (χ4n) is 2.31. The summed E-state index contributed by atoms with van der Waals surface area (Å²) in [7, 11) is -4.29. The lowest BCUT2D eigenvalue weighted by molar-refractivity contribution is 0.179. The van der Waals surface area contributed by atoms with Crippen LogP contribution in [0.1, 0.15) is 19.3 Å². The lowest BCUT2D eigenvalue weighted by Crippen LogP contribution is -2.33. The average molecular weight is 320 g/mol. The SMILES string of the molecule is NS(=O)(=O)c1ccc(OCCN2CCCCC2)c(F)c1F. The number of ether oxygens (including phenoxy) is 1. The van der Waals surface area contributed by atoms with E-state index in [1.165, 1.54) is 6.42 Å². The van der Waals surface area contributed by atoms with Crippen molar-refractivity contribution in [1.82, 2.24) is 4.90 Å². The van der Waals surface area contributed by atoms with Crippen LogP contribution in [0, 0.1) is 11.6 Å². The van der Waals surface area contributed by atoms with Crippen LogP contribution < -0.4 is 9.88 Å². The van der Waals surface area contributed by atoms with Gasteiger partial charge in [-0.05, 0) is 38.1 Å². The topological polar surface area (TPSA) is 72.6 Å². The highest BCUT2D eigenvalue weighted by molar-refractivity contribution is 7.89. The minimum Gasteiger partial charge on any atom is -0.489 e. The Morgan fingerprint density at radius 1 is 1.14 bits per heavy atom. The van der Waals surface area contributed by atoms with Gasteiger partial charge in [-0.2, -0.15) is 4.39 Å². The summed E-state index contributed by atoms with van der Waals surface area (Å²) in [5.41, 5.74) is 0. The standard InChI is InChI=1S/C13H18F2N2O3S/c14-12-10(4-5-11(13(12)15)21(16,18)19)20-9-8-17-6-2-1-3-7-17/h4-5H,1-3,6-9H2,(H2,16,18,19). The molecule has 5 nitrogen and oxygen atoms in total. The third kappa shape index (κ3) is 4.12. The molecule has 0 saturated carbocycles. The van der Waals surface area contributed by atoms with Crippen LogP contribution in [0.2, 0.25) is 0 Å². The van der Waals surface area contributed by atoms with Gasteiger partial charge in [-0.3, -0.25) is 4.90 Å². The Hall–Kier alpha value is -1.25. The molecule has 1 aliphatic heterocycles. The Labute approximate surface area is 122 Å². The van der Waals surface area contributed by atoms with E-state index in [0.29, 0.717) is 6.54 Å². The molecule has 0 spiro atoms. The molecule has 2 N–H and O–H groups in total. The zero-order valence-corrected chi connectivity index (χ0v) is 12.3. The third-order valence-corrected chi connectivity index (χ3v) is 4.36. The van der Waals surface area contributed by atoms with E-state index < -0.39 is 26.6 Å². The van der Waals surface area contributed by atoms with Crippen LogP contribution in [-0.2, 0) is 10.0 Å². The van der Waals surface area contributed by atoms with Crippen molar-refractivity contribution in [3.63, 3.8) is 0 Å². The van der Waals surface area contributed by atoms with E-state index in [-0.39, 0.29) is 12.4 Å². The van der Waals surface area contributed by atoms with Gasteiger partial charge in [0.05, 0.1) is 0 Å². The van der Waals surface area contributed by atoms with Gasteiger partial charge >= 0.3 is 0 Å². The Kier molecular flexibility index (Phi) is 5.13. The van der Waals surface area contributed by atoms with Crippen molar-refractivity contribution in [1.29, 1.82) is 0 Å². The predicted molar refractivity (Wildman–Crippen MR) is 73.5 cm³/mol. The van der Waals surface area contributed by atoms with E-state index in [4.69, 9.17) is 9.88 Å². The van der Waals surface area contributed by atoms with Crippen molar-refractivity contribution in [2.75, 3.05) is 26.2 Å². The van der Waals surface area contributed by atoms with E-state index in [0.717, 1.165) is 38.1 Å². The van der Waals surface area contributed by atoms with Crippen molar-refractivity contribution in [3.8, 4) is 5.75 Å². The molecule has 0 aromatic heterocycles. The molecule has 21 heavy (non-hydrogen) atoms. The van der Waals surface area contributed by atoms with Crippen LogP contribution >= 0.6 is 0 Å². The summed E-state index contributed by atoms with van der Waals surface area (Å²) in [6.45, 7) is 2.79. The summed E-state index contributed by atoms with van der Waals surface area (Å²) in [6, 6.07) is 1.98. The molecular weight excluding hydrogens is 302 g/mol. The van der Waals surface area contributed by atoms with Crippen LogP contribution in [0.25, 0.3) is 0 Å². The van der Waals surface area contributed by atoms with Gasteiger partial charge in [0.15, 0.2) is 11.6 Å². The van der Waals surface area contributed by atoms with Crippen LogP contribution in [0.5, 0.6) is 5.75 Å². The van der Waals surface area contributed by atoms with Gasteiger partial charge in [0, 0.05) is 6.54 Å². The zero-order valence-electron chi connectivity index (χ0n) is 11.5. The lowest BCUT2D eigenvalue weighted by Gasteiger charge is -2.26. The van der Waals surface area contributed by atoms with Gasteiger partial charge < -0.3 is 4.74 Å². The Morgan fingerprint density at radius 2 is 1.81 bits per heavy atom. The third-order valence-electron chi connectivity index (χ3n) is 3.43. The smallest absolute Gasteiger partial charge is 0.241 e. The molecule has 1 aromatic rings. The minimum absolute atomic E-state index is 0.213. The molecule has 8 heteroatoms. The summed E-state index contributed by atoms with van der Waals surface area (Å²) >= 11 is 0. The first-order chi connectivity index (χ1) is 9.89. The highest BCUT2D eigenvalue weighted by Crippen LogP contribution is 2.25. The number of rotatable bonds is 5. The second-order valence-electron chi connectivity index (χ2n) is 4.99. The maximum Gasteiger partial charge on any atom is 0.241 e. The van der Waals surface area contributed by atoms with E-state index >= 15 is 0 Å². The molecular formula is C13H18F2N2O3S. The van der Waals surface area contributed by atoms with Gasteiger partial charge in [-0.25, -0.2) is 17.9 Å². The fourth-order valence-corrected chi connectivity index (χ4v) is 2.91. The van der Waals surface area contributed by atoms with Gasteiger partial charge in [-0.1, -0.05) is 6.42 Å². The number of nitrogens with two attached hydrogens (primary N) is 1. The molecule has 1 aliphatic rings. The molecule has 118 valence electrons. The number of halogens is 2. The molecule has 1 heterocycles. The Morgan fingerprint density at radius 3 is 2.43 bits per heavy atom. The second-order valence-corrected chi connectivity index (χ2v) is 6.52. The molecule has 0 atom stereocenters. The van der Waals surface area contributed by atoms with Gasteiger partial charge in [0.25, 0.3) is 0 Å². The van der Waals surface area contributed by atoms with Crippen LogP contribution in [0.4, 0.5) is 8.78 Å². The number of likely N-dealkylation sites (tertiary alicyclic amines) is 1. The average Bonchev–Trinajstić information content (AvgIpc) is 2.43. The minimum atomic E-state index is -4.29. The van der Waals surface area contributed by atoms with Gasteiger partial charge in [0.1, 0.15) is 11.5 Å². The molecule has 1 aromatic carbocycles. The Balaban J connectivity index is 1.99. The highest BCUT2D eigenvalue weighted by Gasteiger charge is 2.21. The lowest BCUT2D eigenvalue weighted by atomic mass is 10.1. The first kappa shape index (κ1) is 16.1. The number of hydrogen-bond donors (Lipinski definition) is 1. The van der Waals surface area contributed by atoms with Crippen molar-refractivity contribution >= 4 is 10.0 Å². The largest absolute Gasteiger partial charge is 0.489 e. The quantitative estimate of drug-likeness (QED) is 0.892. The number of primary sulfonamides is 1. The van der Waals surface area contributed by atoms with Crippen LogP contribution in [-0.4, -0.2) is 39.6 Å². The highest BCUT2D eigenvalue weighted by atomic mass is 32.2. The maximum atomic E-state index is 13.7. The van der Waals surface area contributed by atoms with Crippen LogP contribution in [0.15, 0.2) is 17.0 Å². The maximum absolute atomic E-state index is 13.7. The number of benzene rings is 1. The summed E-state index contributed by atoms with van der Waals surface area (Å²) < 4.78 is 54.7. The Bertz CT molecular complexity index is 602. The molecule has 0 bridgehead atoms. The summed E-state index contributed by atoms with van der Waals surface area (Å²) in [6.07, 6.45) is 3.48. The van der Waals surface area contributed by atoms with Crippen LogP contribution in [0.3, 0.4) is 0 Å². The molecule has 0 aliphatic carbocycles. The van der Waals surface area contributed by atoms with Crippen molar-refractivity contribution in [2.45, 2.75) is 24.2 Å². The van der Waals surface area contributed by atoms with Crippen molar-refractivity contribution in [2.24, 2.45) is 5.14 Å². The zero-order chi connectivity index (χ0) is 15.5. The second kappa shape index (κ2) is 6.67. The number of nitrogens with zero attached hydrogens (tertiary/aromatic N) is 1. The molecule has 0 amide bonds. The van der Waals surface area contributed by atoms with E-state index in [9.17, 15) is 17.2 Å². The number of hydrogen-bond acceptors (Lipinski definition) is 4. The van der Waals surface area contributed by atoms with Crippen molar-refractivity contribution < 1.29 is 21.9 Å². The van der Waals surface area contributed by atoms with E-state index in [1.807, 2.05) is 0 Å². The fraction of sp³-hybridized carbons (Fsp3) is 0.538. The van der Waals surface area contributed by atoms with Crippen molar-refractivity contribution in [3.05, 3.63) is 23.8 Å². The summed E-state index contributed by atoms with van der Waals surface area (Å²) in [5, 5.41) is 4.79. The monoisotopic (exact) mass is 320 g/mol. The van der Waals surface area contributed by atoms with E-state index in [1.54, 1.807) is 0 Å². The predicted octanol–water partition coefficient (Wildman–Crippen LogP) is 1.48. The number of piperidine rings is 1. The molecule has 1 saturated heterocycles. The first-order valence-electron chi connectivity index (χ1n) is 6.75. The molecule has 0 radical (unpaired) electrons. The first-order valence-corrected chi connectivity index (χ1v) is 8.30. The molecule has 1 fully saturated rings.